The largest absolute Gasteiger partial charge is 0.478 e. The minimum atomic E-state index is -1.08. The number of carbonyl (C=O) groups is 3. The van der Waals surface area contributed by atoms with E-state index in [0.717, 1.165) is 50.5 Å². The number of aliphatic hydroxyl groups is 1. The second-order valence-corrected chi connectivity index (χ2v) is 17.8. The van der Waals surface area contributed by atoms with Crippen LogP contribution in [0.2, 0.25) is 0 Å². The van der Waals surface area contributed by atoms with Gasteiger partial charge in [0.15, 0.2) is 0 Å². The normalized spacial score (nSPS) is 37.0. The predicted octanol–water partition coefficient (Wildman–Crippen LogP) is 7.19. The van der Waals surface area contributed by atoms with E-state index < -0.39 is 5.97 Å². The van der Waals surface area contributed by atoms with Crippen molar-refractivity contribution in [2.45, 2.75) is 117 Å². The molecule has 5 aliphatic carbocycles. The Balaban J connectivity index is 0.979. The Kier molecular flexibility index (Phi) is 9.18. The number of carboxylic acids is 1. The highest BCUT2D eigenvalue weighted by atomic mass is 16.4. The number of nitrogens with zero attached hydrogens (tertiary/aromatic N) is 1. The van der Waals surface area contributed by atoms with E-state index in [1.54, 1.807) is 12.1 Å². The highest BCUT2D eigenvalue weighted by Gasteiger charge is 2.67. The molecule has 0 bridgehead atoms. The minimum absolute atomic E-state index is 0.0225. The summed E-state index contributed by atoms with van der Waals surface area (Å²) in [6, 6.07) is 10.5. The van der Waals surface area contributed by atoms with Gasteiger partial charge in [0.1, 0.15) is 0 Å². The molecule has 0 saturated heterocycles. The van der Waals surface area contributed by atoms with E-state index in [1.807, 2.05) is 18.2 Å². The maximum absolute atomic E-state index is 14.2. The molecule has 2 amide bonds. The lowest BCUT2D eigenvalue weighted by Gasteiger charge is -2.69. The highest BCUT2D eigenvalue weighted by Crippen LogP contribution is 2.73. The van der Waals surface area contributed by atoms with E-state index >= 15 is 0 Å². The lowest BCUT2D eigenvalue weighted by atomic mass is 9.36. The number of hydrogen-bond acceptors (Lipinski definition) is 5. The standard InChI is InChI=1S/C42H57N3O5/c1-39(2)33-15-19-40(3)30-14-21-42(18-6-11-31(42)28(30)12-13-34(40)41(33,4)20-16-35(39)46)38(50)44-23-17-26-8-5-9-27(24-26)36(47)45-25-32-29(37(48)49)10-7-22-43-32/h5,7-10,22,24,28,30-31,33-35,46H,6,11-21,23,25H2,1-4H3,(H,44,50)(H,45,47)(H,48,49). The van der Waals surface area contributed by atoms with Crippen molar-refractivity contribution in [2.24, 2.45) is 51.2 Å². The zero-order chi connectivity index (χ0) is 35.5. The summed E-state index contributed by atoms with van der Waals surface area (Å²) in [4.78, 5) is 42.8. The Hall–Kier alpha value is -3.26. The van der Waals surface area contributed by atoms with Crippen LogP contribution in [-0.4, -0.2) is 45.6 Å². The zero-order valence-electron chi connectivity index (χ0n) is 30.5. The maximum atomic E-state index is 14.2. The van der Waals surface area contributed by atoms with E-state index in [2.05, 4.69) is 43.3 Å². The van der Waals surface area contributed by atoms with Gasteiger partial charge in [-0.05, 0) is 146 Å². The van der Waals surface area contributed by atoms with Crippen LogP contribution in [0.5, 0.6) is 0 Å². The molecule has 5 saturated carbocycles. The lowest BCUT2D eigenvalue weighted by Crippen LogP contribution is -2.63. The van der Waals surface area contributed by atoms with Gasteiger partial charge in [-0.2, -0.15) is 0 Å². The fourth-order valence-electron chi connectivity index (χ4n) is 13.0. The topological polar surface area (TPSA) is 129 Å². The van der Waals surface area contributed by atoms with Gasteiger partial charge in [0.2, 0.25) is 5.91 Å². The molecule has 9 atom stereocenters. The summed E-state index contributed by atoms with van der Waals surface area (Å²) in [5, 5.41) is 26.6. The average molecular weight is 684 g/mol. The summed E-state index contributed by atoms with van der Waals surface area (Å²) >= 11 is 0. The van der Waals surface area contributed by atoms with Crippen molar-refractivity contribution < 1.29 is 24.6 Å². The fourth-order valence-corrected chi connectivity index (χ4v) is 13.0. The molecule has 0 aliphatic heterocycles. The number of carbonyl (C=O) groups excluding carboxylic acids is 2. The molecule has 8 nitrogen and oxygen atoms in total. The second-order valence-electron chi connectivity index (χ2n) is 17.8. The van der Waals surface area contributed by atoms with Gasteiger partial charge >= 0.3 is 5.97 Å². The van der Waals surface area contributed by atoms with E-state index in [-0.39, 0.29) is 46.3 Å². The summed E-state index contributed by atoms with van der Waals surface area (Å²) in [7, 11) is 0. The van der Waals surface area contributed by atoms with Gasteiger partial charge in [0, 0.05) is 18.3 Å². The molecule has 9 unspecified atom stereocenters. The third-order valence-corrected chi connectivity index (χ3v) is 15.4. The molecule has 50 heavy (non-hydrogen) atoms. The highest BCUT2D eigenvalue weighted by molar-refractivity contribution is 5.94. The van der Waals surface area contributed by atoms with Crippen molar-refractivity contribution in [1.82, 2.24) is 15.6 Å². The Morgan fingerprint density at radius 3 is 2.44 bits per heavy atom. The Morgan fingerprint density at radius 2 is 1.64 bits per heavy atom. The van der Waals surface area contributed by atoms with Crippen LogP contribution in [0.3, 0.4) is 0 Å². The number of benzene rings is 1. The monoisotopic (exact) mass is 683 g/mol. The fraction of sp³-hybridized carbons (Fsp3) is 0.667. The smallest absolute Gasteiger partial charge is 0.337 e. The number of rotatable bonds is 8. The Labute approximate surface area is 297 Å². The first-order valence-electron chi connectivity index (χ1n) is 19.3. The van der Waals surface area contributed by atoms with Crippen molar-refractivity contribution in [3.8, 4) is 0 Å². The first kappa shape index (κ1) is 35.2. The number of aromatic nitrogens is 1. The number of amides is 2. The minimum Gasteiger partial charge on any atom is -0.478 e. The van der Waals surface area contributed by atoms with Crippen molar-refractivity contribution in [1.29, 1.82) is 0 Å². The lowest BCUT2D eigenvalue weighted by molar-refractivity contribution is -0.214. The van der Waals surface area contributed by atoms with Gasteiger partial charge in [-0.25, -0.2) is 4.79 Å². The van der Waals surface area contributed by atoms with E-state index in [1.165, 1.54) is 37.9 Å². The van der Waals surface area contributed by atoms with E-state index in [9.17, 15) is 24.6 Å². The van der Waals surface area contributed by atoms with Crippen LogP contribution >= 0.6 is 0 Å². The average Bonchev–Trinajstić information content (AvgIpc) is 3.55. The molecular weight excluding hydrogens is 626 g/mol. The quantitative estimate of drug-likeness (QED) is 0.233. The molecule has 4 N–H and O–H groups in total. The summed E-state index contributed by atoms with van der Waals surface area (Å²) in [6.45, 7) is 10.4. The second kappa shape index (κ2) is 13.1. The zero-order valence-corrected chi connectivity index (χ0v) is 30.5. The molecule has 1 aromatic heterocycles. The van der Waals surface area contributed by atoms with Gasteiger partial charge in [-0.15, -0.1) is 0 Å². The summed E-state index contributed by atoms with van der Waals surface area (Å²) < 4.78 is 0. The molecule has 270 valence electrons. The van der Waals surface area contributed by atoms with Gasteiger partial charge in [-0.1, -0.05) is 46.2 Å². The molecule has 2 aromatic rings. The summed E-state index contributed by atoms with van der Waals surface area (Å²) in [5.41, 5.74) is 2.15. The molecule has 0 radical (unpaired) electrons. The summed E-state index contributed by atoms with van der Waals surface area (Å²) in [6.07, 6.45) is 14.4. The Bertz CT molecular complexity index is 1640. The number of nitrogens with one attached hydrogen (secondary N) is 2. The van der Waals surface area contributed by atoms with Crippen LogP contribution in [0.15, 0.2) is 42.6 Å². The van der Waals surface area contributed by atoms with Crippen molar-refractivity contribution in [2.75, 3.05) is 6.54 Å². The van der Waals surface area contributed by atoms with Gasteiger partial charge in [0.05, 0.1) is 29.3 Å². The molecule has 0 spiro atoms. The summed E-state index contributed by atoms with van der Waals surface area (Å²) in [5.74, 6) is 1.89. The first-order chi connectivity index (χ1) is 23.8. The molecule has 7 rings (SSSR count). The van der Waals surface area contributed by atoms with Crippen LogP contribution in [-0.2, 0) is 17.8 Å². The van der Waals surface area contributed by atoms with Crippen LogP contribution in [0.4, 0.5) is 0 Å². The van der Waals surface area contributed by atoms with Crippen LogP contribution in [0, 0.1) is 51.2 Å². The van der Waals surface area contributed by atoms with Gasteiger partial charge in [-0.3, -0.25) is 14.6 Å². The van der Waals surface area contributed by atoms with Crippen molar-refractivity contribution in [3.63, 3.8) is 0 Å². The SMILES string of the molecule is CC1(C)C(O)CCC2(C)C1CCC1(C)C3CCC4(C(=O)NCCc5cccc(C(=O)NCc6ncccc6C(=O)O)c5)CCCC4C3CCC12. The molecular formula is C42H57N3O5. The van der Waals surface area contributed by atoms with Gasteiger partial charge < -0.3 is 20.8 Å². The van der Waals surface area contributed by atoms with E-state index in [0.29, 0.717) is 59.2 Å². The number of fused-ring (bicyclic) bond motifs is 7. The first-order valence-corrected chi connectivity index (χ1v) is 19.3. The van der Waals surface area contributed by atoms with Crippen LogP contribution < -0.4 is 10.6 Å². The molecule has 1 aromatic carbocycles. The molecule has 5 aliphatic rings. The molecule has 5 fully saturated rings. The number of carboxylic acid groups (broad SMARTS) is 1. The number of pyridine rings is 1. The number of aliphatic hydroxyl groups excluding tert-OH is 1. The Morgan fingerprint density at radius 1 is 0.840 bits per heavy atom. The van der Waals surface area contributed by atoms with Crippen LogP contribution in [0.25, 0.3) is 0 Å². The number of hydrogen-bond donors (Lipinski definition) is 4. The molecule has 1 heterocycles. The van der Waals surface area contributed by atoms with Crippen molar-refractivity contribution >= 4 is 17.8 Å². The van der Waals surface area contributed by atoms with E-state index in [4.69, 9.17) is 0 Å². The van der Waals surface area contributed by atoms with Gasteiger partial charge in [0.25, 0.3) is 5.91 Å². The number of aromatic carboxylic acids is 1. The molecule has 8 heteroatoms. The predicted molar refractivity (Wildman–Crippen MR) is 192 cm³/mol. The van der Waals surface area contributed by atoms with Crippen molar-refractivity contribution in [3.05, 3.63) is 65.0 Å². The third kappa shape index (κ3) is 5.68. The third-order valence-electron chi connectivity index (χ3n) is 15.4. The van der Waals surface area contributed by atoms with Crippen LogP contribution in [0.1, 0.15) is 130 Å². The maximum Gasteiger partial charge on any atom is 0.337 e.